The van der Waals surface area contributed by atoms with Crippen molar-refractivity contribution in [2.24, 2.45) is 0 Å². The monoisotopic (exact) mass is 415 g/mol. The summed E-state index contributed by atoms with van der Waals surface area (Å²) in [6.07, 6.45) is 2.42. The van der Waals surface area contributed by atoms with Crippen LogP contribution in [0.1, 0.15) is 41.3 Å². The van der Waals surface area contributed by atoms with Gasteiger partial charge in [0.25, 0.3) is 15.9 Å². The third kappa shape index (κ3) is 5.36. The number of benzene rings is 2. The summed E-state index contributed by atoms with van der Waals surface area (Å²) in [5, 5.41) is 2.94. The van der Waals surface area contributed by atoms with Crippen LogP contribution in [0.15, 0.2) is 47.4 Å². The molecule has 0 saturated heterocycles. The van der Waals surface area contributed by atoms with Gasteiger partial charge in [-0.05, 0) is 70.5 Å². The molecule has 1 aliphatic rings. The minimum absolute atomic E-state index is 0.0666. The normalized spacial score (nSPS) is 15.2. The molecule has 156 valence electrons. The van der Waals surface area contributed by atoms with Crippen molar-refractivity contribution in [3.05, 3.63) is 59.2 Å². The van der Waals surface area contributed by atoms with Crippen LogP contribution in [0, 0.1) is 13.8 Å². The number of nitrogens with one attached hydrogen (secondary N) is 2. The van der Waals surface area contributed by atoms with E-state index in [9.17, 15) is 13.2 Å². The number of rotatable bonds is 8. The van der Waals surface area contributed by atoms with Crippen LogP contribution in [0.5, 0.6) is 0 Å². The summed E-state index contributed by atoms with van der Waals surface area (Å²) in [6.45, 7) is 6.34. The molecule has 0 spiro atoms. The van der Waals surface area contributed by atoms with E-state index in [0.717, 1.165) is 11.1 Å². The highest BCUT2D eigenvalue weighted by Gasteiger charge is 2.29. The quantitative estimate of drug-likeness (QED) is 0.693. The molecular weight excluding hydrogens is 386 g/mol. The molecule has 2 aromatic rings. The van der Waals surface area contributed by atoms with Crippen LogP contribution in [0.3, 0.4) is 0 Å². The molecule has 0 aromatic heterocycles. The van der Waals surface area contributed by atoms with Crippen molar-refractivity contribution in [3.63, 3.8) is 0 Å². The van der Waals surface area contributed by atoms with Gasteiger partial charge in [-0.3, -0.25) is 14.4 Å². The lowest BCUT2D eigenvalue weighted by Crippen LogP contribution is -2.41. The van der Waals surface area contributed by atoms with E-state index in [2.05, 4.69) is 28.9 Å². The molecule has 1 fully saturated rings. The summed E-state index contributed by atoms with van der Waals surface area (Å²) >= 11 is 0. The Balaban J connectivity index is 1.72. The van der Waals surface area contributed by atoms with E-state index in [1.165, 1.54) is 25.0 Å². The zero-order valence-corrected chi connectivity index (χ0v) is 18.2. The Hall–Kier alpha value is -2.38. The minimum atomic E-state index is -3.78. The van der Waals surface area contributed by atoms with Gasteiger partial charge in [0.1, 0.15) is 0 Å². The van der Waals surface area contributed by atoms with Gasteiger partial charge in [-0.15, -0.1) is 0 Å². The van der Waals surface area contributed by atoms with Crippen molar-refractivity contribution in [1.82, 2.24) is 10.2 Å². The summed E-state index contributed by atoms with van der Waals surface area (Å²) in [5.41, 5.74) is 2.64. The van der Waals surface area contributed by atoms with E-state index >= 15 is 0 Å². The van der Waals surface area contributed by atoms with Gasteiger partial charge in [0.15, 0.2) is 0 Å². The summed E-state index contributed by atoms with van der Waals surface area (Å²) in [7, 11) is -1.71. The van der Waals surface area contributed by atoms with E-state index in [-0.39, 0.29) is 16.8 Å². The number of carbonyl (C=O) groups excluding carboxylic acids is 1. The number of nitrogens with zero attached hydrogens (tertiary/aromatic N) is 1. The van der Waals surface area contributed by atoms with Crippen LogP contribution in [0.25, 0.3) is 0 Å². The van der Waals surface area contributed by atoms with Crippen molar-refractivity contribution in [2.75, 3.05) is 18.3 Å². The van der Waals surface area contributed by atoms with Gasteiger partial charge in [-0.1, -0.05) is 23.8 Å². The molecule has 1 aliphatic carbocycles. The molecule has 2 N–H and O–H groups in total. The lowest BCUT2D eigenvalue weighted by atomic mass is 10.1. The van der Waals surface area contributed by atoms with E-state index in [0.29, 0.717) is 23.8 Å². The second-order valence-corrected chi connectivity index (χ2v) is 9.59. The van der Waals surface area contributed by atoms with E-state index in [4.69, 9.17) is 0 Å². The number of aryl methyl sites for hydroxylation is 2. The SMILES string of the molecule is Cc1ccc(NS(=O)(=O)c2ccc(C)c(C(=O)NCC(C)N(C)C3CC3)c2)cc1. The first-order valence-corrected chi connectivity index (χ1v) is 11.4. The number of anilines is 1. The van der Waals surface area contributed by atoms with Crippen LogP contribution in [0.2, 0.25) is 0 Å². The fraction of sp³-hybridized carbons (Fsp3) is 0.409. The molecule has 2 aromatic carbocycles. The van der Waals surface area contributed by atoms with Crippen molar-refractivity contribution in [2.45, 2.75) is 50.6 Å². The Morgan fingerprint density at radius 3 is 2.41 bits per heavy atom. The smallest absolute Gasteiger partial charge is 0.261 e. The fourth-order valence-electron chi connectivity index (χ4n) is 3.17. The summed E-state index contributed by atoms with van der Waals surface area (Å²) in [5.74, 6) is -0.258. The van der Waals surface area contributed by atoms with E-state index in [1.807, 2.05) is 19.1 Å². The van der Waals surface area contributed by atoms with Crippen LogP contribution >= 0.6 is 0 Å². The van der Waals surface area contributed by atoms with E-state index < -0.39 is 10.0 Å². The van der Waals surface area contributed by atoms with Crippen LogP contribution in [-0.2, 0) is 10.0 Å². The van der Waals surface area contributed by atoms with Crippen LogP contribution in [0.4, 0.5) is 5.69 Å². The maximum atomic E-state index is 12.8. The van der Waals surface area contributed by atoms with Crippen molar-refractivity contribution in [1.29, 1.82) is 0 Å². The Morgan fingerprint density at radius 2 is 1.79 bits per heavy atom. The topological polar surface area (TPSA) is 78.5 Å². The van der Waals surface area contributed by atoms with Crippen LogP contribution < -0.4 is 10.0 Å². The lowest BCUT2D eigenvalue weighted by Gasteiger charge is -2.24. The van der Waals surface area contributed by atoms with E-state index in [1.54, 1.807) is 25.1 Å². The molecule has 0 aliphatic heterocycles. The number of carbonyl (C=O) groups is 1. The van der Waals surface area contributed by atoms with Gasteiger partial charge in [0.2, 0.25) is 0 Å². The molecule has 7 heteroatoms. The molecule has 0 heterocycles. The molecule has 1 unspecified atom stereocenters. The van der Waals surface area contributed by atoms with Crippen LogP contribution in [-0.4, -0.2) is 44.9 Å². The lowest BCUT2D eigenvalue weighted by molar-refractivity contribution is 0.0938. The first-order valence-electron chi connectivity index (χ1n) is 9.87. The average molecular weight is 416 g/mol. The molecule has 3 rings (SSSR count). The summed E-state index contributed by atoms with van der Waals surface area (Å²) in [6, 6.07) is 12.6. The maximum absolute atomic E-state index is 12.8. The third-order valence-corrected chi connectivity index (χ3v) is 6.82. The highest BCUT2D eigenvalue weighted by atomic mass is 32.2. The number of amides is 1. The Labute approximate surface area is 173 Å². The molecule has 0 radical (unpaired) electrons. The largest absolute Gasteiger partial charge is 0.350 e. The van der Waals surface area contributed by atoms with Gasteiger partial charge in [-0.2, -0.15) is 0 Å². The number of hydrogen-bond donors (Lipinski definition) is 2. The second-order valence-electron chi connectivity index (χ2n) is 7.90. The fourth-order valence-corrected chi connectivity index (χ4v) is 4.25. The van der Waals surface area contributed by atoms with Gasteiger partial charge in [0.05, 0.1) is 4.90 Å². The van der Waals surface area contributed by atoms with Gasteiger partial charge < -0.3 is 5.32 Å². The Kier molecular flexibility index (Phi) is 6.29. The molecule has 1 saturated carbocycles. The Bertz CT molecular complexity index is 983. The third-order valence-electron chi connectivity index (χ3n) is 5.44. The summed E-state index contributed by atoms with van der Waals surface area (Å²) in [4.78, 5) is 15.1. The van der Waals surface area contributed by atoms with Gasteiger partial charge in [0, 0.05) is 29.9 Å². The zero-order chi connectivity index (χ0) is 21.2. The molecule has 1 amide bonds. The predicted octanol–water partition coefficient (Wildman–Crippen LogP) is 3.32. The molecule has 29 heavy (non-hydrogen) atoms. The molecular formula is C22H29N3O3S. The van der Waals surface area contributed by atoms with Gasteiger partial charge >= 0.3 is 0 Å². The van der Waals surface area contributed by atoms with Crippen molar-refractivity contribution < 1.29 is 13.2 Å². The first-order chi connectivity index (χ1) is 13.7. The first kappa shape index (κ1) is 21.3. The molecule has 6 nitrogen and oxygen atoms in total. The Morgan fingerprint density at radius 1 is 1.14 bits per heavy atom. The second kappa shape index (κ2) is 8.55. The summed E-state index contributed by atoms with van der Waals surface area (Å²) < 4.78 is 28.1. The number of likely N-dealkylation sites (N-methyl/N-ethyl adjacent to an activating group) is 1. The minimum Gasteiger partial charge on any atom is -0.350 e. The number of hydrogen-bond acceptors (Lipinski definition) is 4. The standard InChI is InChI=1S/C22H29N3O3S/c1-15-5-8-18(9-6-15)24-29(27,28)20-12-7-16(2)21(13-20)22(26)23-14-17(3)25(4)19-10-11-19/h5-9,12-13,17,19,24H,10-11,14H2,1-4H3,(H,23,26). The van der Waals surface area contributed by atoms with Gasteiger partial charge in [-0.25, -0.2) is 8.42 Å². The predicted molar refractivity (Wildman–Crippen MR) is 116 cm³/mol. The van der Waals surface area contributed by atoms with Crippen molar-refractivity contribution >= 4 is 21.6 Å². The maximum Gasteiger partial charge on any atom is 0.261 e. The highest BCUT2D eigenvalue weighted by molar-refractivity contribution is 7.92. The number of sulfonamides is 1. The molecule has 1 atom stereocenters. The average Bonchev–Trinajstić information content (AvgIpc) is 3.52. The zero-order valence-electron chi connectivity index (χ0n) is 17.4. The highest BCUT2D eigenvalue weighted by Crippen LogP contribution is 2.26. The van der Waals surface area contributed by atoms with Crippen molar-refractivity contribution in [3.8, 4) is 0 Å². The molecule has 0 bridgehead atoms.